The summed E-state index contributed by atoms with van der Waals surface area (Å²) in [5, 5.41) is 5.88. The average molecular weight is 317 g/mol. The SMILES string of the molecule is CC(C(=O)NCc1ccnc(OCC(F)(F)F)c1)C1CNC1. The lowest BCUT2D eigenvalue weighted by molar-refractivity contribution is -0.154. The van der Waals surface area contributed by atoms with Gasteiger partial charge in [-0.25, -0.2) is 4.98 Å². The molecule has 0 aliphatic carbocycles. The highest BCUT2D eigenvalue weighted by atomic mass is 19.4. The second kappa shape index (κ2) is 6.95. The molecule has 122 valence electrons. The number of hydrogen-bond donors (Lipinski definition) is 2. The van der Waals surface area contributed by atoms with Gasteiger partial charge in [0, 0.05) is 24.7 Å². The van der Waals surface area contributed by atoms with E-state index in [9.17, 15) is 18.0 Å². The van der Waals surface area contributed by atoms with E-state index >= 15 is 0 Å². The fourth-order valence-corrected chi connectivity index (χ4v) is 2.02. The van der Waals surface area contributed by atoms with E-state index in [1.54, 1.807) is 6.07 Å². The zero-order valence-corrected chi connectivity index (χ0v) is 12.1. The molecule has 0 radical (unpaired) electrons. The summed E-state index contributed by atoms with van der Waals surface area (Å²) in [6, 6.07) is 3.01. The van der Waals surface area contributed by atoms with Crippen molar-refractivity contribution in [2.24, 2.45) is 11.8 Å². The van der Waals surface area contributed by atoms with Crippen molar-refractivity contribution in [3.05, 3.63) is 23.9 Å². The average Bonchev–Trinajstić information content (AvgIpc) is 2.40. The molecule has 1 saturated heterocycles. The summed E-state index contributed by atoms with van der Waals surface area (Å²) in [6.45, 7) is 2.37. The molecule has 0 aromatic carbocycles. The number of ether oxygens (including phenoxy) is 1. The van der Waals surface area contributed by atoms with Gasteiger partial charge in [0.25, 0.3) is 0 Å². The third kappa shape index (κ3) is 4.87. The van der Waals surface area contributed by atoms with Crippen molar-refractivity contribution in [2.45, 2.75) is 19.6 Å². The van der Waals surface area contributed by atoms with Crippen LogP contribution in [0, 0.1) is 11.8 Å². The van der Waals surface area contributed by atoms with Crippen LogP contribution in [0.3, 0.4) is 0 Å². The Labute approximate surface area is 126 Å². The number of hydrogen-bond acceptors (Lipinski definition) is 4. The van der Waals surface area contributed by atoms with Crippen LogP contribution >= 0.6 is 0 Å². The maximum absolute atomic E-state index is 12.1. The van der Waals surface area contributed by atoms with E-state index in [0.717, 1.165) is 13.1 Å². The van der Waals surface area contributed by atoms with Gasteiger partial charge in [-0.3, -0.25) is 4.79 Å². The van der Waals surface area contributed by atoms with E-state index in [0.29, 0.717) is 11.5 Å². The molecule has 8 heteroatoms. The van der Waals surface area contributed by atoms with Crippen molar-refractivity contribution in [3.63, 3.8) is 0 Å². The minimum Gasteiger partial charge on any atom is -0.468 e. The maximum Gasteiger partial charge on any atom is 0.422 e. The molecule has 0 spiro atoms. The van der Waals surface area contributed by atoms with E-state index in [2.05, 4.69) is 20.4 Å². The fourth-order valence-electron chi connectivity index (χ4n) is 2.02. The second-order valence-corrected chi connectivity index (χ2v) is 5.33. The van der Waals surface area contributed by atoms with Crippen molar-refractivity contribution in [1.29, 1.82) is 0 Å². The number of aromatic nitrogens is 1. The van der Waals surface area contributed by atoms with E-state index in [1.807, 2.05) is 6.92 Å². The molecular formula is C14H18F3N3O2. The lowest BCUT2D eigenvalue weighted by Crippen LogP contribution is -2.49. The van der Waals surface area contributed by atoms with Crippen molar-refractivity contribution in [1.82, 2.24) is 15.6 Å². The molecule has 1 aliphatic rings. The van der Waals surface area contributed by atoms with Crippen molar-refractivity contribution in [2.75, 3.05) is 19.7 Å². The Morgan fingerprint density at radius 2 is 2.27 bits per heavy atom. The van der Waals surface area contributed by atoms with Crippen LogP contribution in [0.25, 0.3) is 0 Å². The molecule has 2 heterocycles. The van der Waals surface area contributed by atoms with Gasteiger partial charge in [0.1, 0.15) is 0 Å². The predicted molar refractivity (Wildman–Crippen MR) is 73.2 cm³/mol. The molecule has 1 amide bonds. The molecule has 0 bridgehead atoms. The first-order valence-corrected chi connectivity index (χ1v) is 6.98. The zero-order chi connectivity index (χ0) is 16.2. The third-order valence-electron chi connectivity index (χ3n) is 3.58. The Kier molecular flexibility index (Phi) is 5.23. The lowest BCUT2D eigenvalue weighted by atomic mass is 9.88. The third-order valence-corrected chi connectivity index (χ3v) is 3.58. The van der Waals surface area contributed by atoms with Gasteiger partial charge in [0.05, 0.1) is 0 Å². The number of nitrogens with zero attached hydrogens (tertiary/aromatic N) is 1. The molecule has 2 rings (SSSR count). The first-order chi connectivity index (χ1) is 10.3. The highest BCUT2D eigenvalue weighted by molar-refractivity contribution is 5.78. The van der Waals surface area contributed by atoms with Crippen LogP contribution in [0.1, 0.15) is 12.5 Å². The van der Waals surface area contributed by atoms with Gasteiger partial charge >= 0.3 is 6.18 Å². The molecule has 0 saturated carbocycles. The summed E-state index contributed by atoms with van der Waals surface area (Å²) < 4.78 is 40.8. The van der Waals surface area contributed by atoms with Crippen LogP contribution in [0.2, 0.25) is 0 Å². The molecule has 1 aromatic rings. The number of nitrogens with one attached hydrogen (secondary N) is 2. The highest BCUT2D eigenvalue weighted by Crippen LogP contribution is 2.18. The number of carbonyl (C=O) groups excluding carboxylic acids is 1. The topological polar surface area (TPSA) is 63.2 Å². The molecule has 1 unspecified atom stereocenters. The minimum atomic E-state index is -4.40. The minimum absolute atomic E-state index is 0.0685. The fraction of sp³-hybridized carbons (Fsp3) is 0.571. The zero-order valence-electron chi connectivity index (χ0n) is 12.1. The molecular weight excluding hydrogens is 299 g/mol. The Balaban J connectivity index is 1.83. The quantitative estimate of drug-likeness (QED) is 0.834. The van der Waals surface area contributed by atoms with Crippen LogP contribution in [0.15, 0.2) is 18.3 Å². The summed E-state index contributed by atoms with van der Waals surface area (Å²) in [4.78, 5) is 15.7. The normalized spacial score (nSPS) is 16.7. The summed E-state index contributed by atoms with van der Waals surface area (Å²) in [5.41, 5.74) is 0.638. The first kappa shape index (κ1) is 16.5. The van der Waals surface area contributed by atoms with Crippen LogP contribution in [0.4, 0.5) is 13.2 Å². The van der Waals surface area contributed by atoms with Gasteiger partial charge in [-0.15, -0.1) is 0 Å². The Bertz CT molecular complexity index is 518. The number of alkyl halides is 3. The molecule has 1 aromatic heterocycles. The number of halogens is 3. The van der Waals surface area contributed by atoms with Crippen LogP contribution in [-0.4, -0.2) is 36.8 Å². The predicted octanol–water partition coefficient (Wildman–Crippen LogP) is 1.49. The van der Waals surface area contributed by atoms with Crippen molar-refractivity contribution < 1.29 is 22.7 Å². The van der Waals surface area contributed by atoms with Crippen molar-refractivity contribution in [3.8, 4) is 5.88 Å². The number of amides is 1. The molecule has 22 heavy (non-hydrogen) atoms. The summed E-state index contributed by atoms with van der Waals surface area (Å²) in [5.74, 6) is 0.0635. The van der Waals surface area contributed by atoms with E-state index in [4.69, 9.17) is 0 Å². The highest BCUT2D eigenvalue weighted by Gasteiger charge is 2.29. The van der Waals surface area contributed by atoms with Crippen molar-refractivity contribution >= 4 is 5.91 Å². The monoisotopic (exact) mass is 317 g/mol. The van der Waals surface area contributed by atoms with Gasteiger partial charge in [-0.1, -0.05) is 6.92 Å². The van der Waals surface area contributed by atoms with Crippen LogP contribution in [0.5, 0.6) is 5.88 Å². The summed E-state index contributed by atoms with van der Waals surface area (Å²) in [7, 11) is 0. The molecule has 2 N–H and O–H groups in total. The maximum atomic E-state index is 12.1. The van der Waals surface area contributed by atoms with E-state index in [-0.39, 0.29) is 24.2 Å². The first-order valence-electron chi connectivity index (χ1n) is 6.98. The van der Waals surface area contributed by atoms with Gasteiger partial charge in [0.15, 0.2) is 6.61 Å². The summed E-state index contributed by atoms with van der Waals surface area (Å²) >= 11 is 0. The van der Waals surface area contributed by atoms with E-state index < -0.39 is 12.8 Å². The second-order valence-electron chi connectivity index (χ2n) is 5.33. The van der Waals surface area contributed by atoms with Crippen LogP contribution < -0.4 is 15.4 Å². The largest absolute Gasteiger partial charge is 0.468 e. The van der Waals surface area contributed by atoms with Gasteiger partial charge in [-0.05, 0) is 30.6 Å². The van der Waals surface area contributed by atoms with Gasteiger partial charge < -0.3 is 15.4 Å². The smallest absolute Gasteiger partial charge is 0.422 e. The van der Waals surface area contributed by atoms with Crippen LogP contribution in [-0.2, 0) is 11.3 Å². The standard InChI is InChI=1S/C14H18F3N3O2/c1-9(11-6-18-7-11)13(21)20-5-10-2-3-19-12(4-10)22-8-14(15,16)17/h2-4,9,11,18H,5-8H2,1H3,(H,20,21). The number of carbonyl (C=O) groups is 1. The number of rotatable bonds is 6. The van der Waals surface area contributed by atoms with E-state index in [1.165, 1.54) is 12.3 Å². The number of pyridine rings is 1. The molecule has 1 atom stereocenters. The molecule has 1 fully saturated rings. The molecule has 1 aliphatic heterocycles. The Morgan fingerprint density at radius 1 is 1.55 bits per heavy atom. The van der Waals surface area contributed by atoms with Gasteiger partial charge in [-0.2, -0.15) is 13.2 Å². The lowest BCUT2D eigenvalue weighted by Gasteiger charge is -2.31. The Morgan fingerprint density at radius 3 is 2.86 bits per heavy atom. The Hall–Kier alpha value is -1.83. The van der Waals surface area contributed by atoms with Gasteiger partial charge in [0.2, 0.25) is 11.8 Å². The summed E-state index contributed by atoms with van der Waals surface area (Å²) in [6.07, 6.45) is -3.05. The molecule has 5 nitrogen and oxygen atoms in total.